The molecular formula is C17H14Cl3IN4O4S. The lowest BCUT2D eigenvalue weighted by molar-refractivity contribution is -0.384. The average molecular weight is 604 g/mol. The lowest BCUT2D eigenvalue weighted by atomic mass is 10.2. The molecule has 0 bridgehead atoms. The number of nitrogens with one attached hydrogen (secondary N) is 3. The van der Waals surface area contributed by atoms with Gasteiger partial charge in [0.15, 0.2) is 5.11 Å². The maximum atomic E-state index is 12.5. The van der Waals surface area contributed by atoms with Crippen LogP contribution in [0.25, 0.3) is 0 Å². The Morgan fingerprint density at radius 1 is 1.23 bits per heavy atom. The average Bonchev–Trinajstić information content (AvgIpc) is 2.66. The van der Waals surface area contributed by atoms with Crippen LogP contribution in [0.2, 0.25) is 0 Å². The van der Waals surface area contributed by atoms with Gasteiger partial charge in [-0.25, -0.2) is 0 Å². The van der Waals surface area contributed by atoms with Gasteiger partial charge in [0.2, 0.25) is 3.79 Å². The van der Waals surface area contributed by atoms with Crippen LogP contribution in [0.15, 0.2) is 42.5 Å². The largest absolute Gasteiger partial charge is 0.495 e. The second kappa shape index (κ2) is 10.6. The molecule has 8 nitrogen and oxygen atoms in total. The number of non-ortho nitro benzene ring substituents is 1. The second-order valence-corrected chi connectivity index (χ2v) is 9.72. The smallest absolute Gasteiger partial charge is 0.271 e. The maximum Gasteiger partial charge on any atom is 0.271 e. The van der Waals surface area contributed by atoms with E-state index >= 15 is 0 Å². The summed E-state index contributed by atoms with van der Waals surface area (Å²) in [7, 11) is 1.40. The number of nitrogens with zero attached hydrogens (tertiary/aromatic N) is 1. The normalized spacial score (nSPS) is 11.9. The quantitative estimate of drug-likeness (QED) is 0.111. The number of rotatable bonds is 6. The Morgan fingerprint density at radius 2 is 1.93 bits per heavy atom. The highest BCUT2D eigenvalue weighted by Crippen LogP contribution is 2.31. The number of halogens is 4. The van der Waals surface area contributed by atoms with E-state index in [1.54, 1.807) is 18.2 Å². The molecule has 2 aromatic rings. The van der Waals surface area contributed by atoms with Crippen molar-refractivity contribution in [3.05, 3.63) is 61.7 Å². The number of alkyl halides is 3. The number of carbonyl (C=O) groups is 1. The van der Waals surface area contributed by atoms with Crippen molar-refractivity contribution in [1.82, 2.24) is 10.6 Å². The van der Waals surface area contributed by atoms with Crippen LogP contribution in [-0.2, 0) is 0 Å². The minimum Gasteiger partial charge on any atom is -0.495 e. The van der Waals surface area contributed by atoms with Crippen LogP contribution in [0, 0.1) is 13.7 Å². The van der Waals surface area contributed by atoms with Crippen LogP contribution >= 0.6 is 69.6 Å². The summed E-state index contributed by atoms with van der Waals surface area (Å²) >= 11 is 25.2. The van der Waals surface area contributed by atoms with E-state index in [1.165, 1.54) is 25.3 Å². The summed E-state index contributed by atoms with van der Waals surface area (Å²) in [6.07, 6.45) is -1.21. The van der Waals surface area contributed by atoms with Gasteiger partial charge >= 0.3 is 0 Å². The van der Waals surface area contributed by atoms with Crippen molar-refractivity contribution >= 4 is 92.0 Å². The third kappa shape index (κ3) is 6.98. The molecule has 0 aliphatic carbocycles. The molecule has 160 valence electrons. The van der Waals surface area contributed by atoms with Crippen molar-refractivity contribution < 1.29 is 14.5 Å². The Balaban J connectivity index is 2.17. The fourth-order valence-electron chi connectivity index (χ4n) is 2.24. The van der Waals surface area contributed by atoms with Gasteiger partial charge in [0, 0.05) is 21.3 Å². The number of hydrogen-bond donors (Lipinski definition) is 3. The highest BCUT2D eigenvalue weighted by atomic mass is 127. The molecule has 0 heterocycles. The number of methoxy groups -OCH3 is 1. The van der Waals surface area contributed by atoms with Crippen LogP contribution in [0.1, 0.15) is 10.4 Å². The third-order valence-corrected chi connectivity index (χ3v) is 5.15. The summed E-state index contributed by atoms with van der Waals surface area (Å²) in [6.45, 7) is 0. The summed E-state index contributed by atoms with van der Waals surface area (Å²) in [5.74, 6) is -0.189. The summed E-state index contributed by atoms with van der Waals surface area (Å²) in [5.41, 5.74) is 0.407. The predicted molar refractivity (Wildman–Crippen MR) is 130 cm³/mol. The highest BCUT2D eigenvalue weighted by Gasteiger charge is 2.35. The van der Waals surface area contributed by atoms with E-state index in [2.05, 4.69) is 38.5 Å². The molecule has 1 atom stereocenters. The van der Waals surface area contributed by atoms with E-state index in [9.17, 15) is 14.9 Å². The summed E-state index contributed by atoms with van der Waals surface area (Å²) < 4.78 is 4.06. The molecule has 1 amide bonds. The van der Waals surface area contributed by atoms with Gasteiger partial charge < -0.3 is 20.7 Å². The van der Waals surface area contributed by atoms with Crippen molar-refractivity contribution in [3.8, 4) is 5.75 Å². The first-order valence-electron chi connectivity index (χ1n) is 8.04. The summed E-state index contributed by atoms with van der Waals surface area (Å²) in [6, 6.07) is 10.7. The van der Waals surface area contributed by atoms with Gasteiger partial charge in [-0.3, -0.25) is 14.9 Å². The molecule has 2 rings (SSSR count). The topological polar surface area (TPSA) is 106 Å². The number of ether oxygens (including phenoxy) is 1. The predicted octanol–water partition coefficient (Wildman–Crippen LogP) is 4.62. The Morgan fingerprint density at radius 3 is 2.50 bits per heavy atom. The fourth-order valence-corrected chi connectivity index (χ4v) is 3.34. The molecule has 0 aliphatic heterocycles. The second-order valence-electron chi connectivity index (χ2n) is 5.70. The standard InChI is InChI=1S/C17H14Cl3IN4O4S/c1-29-13-6-5-11(25(27)28)8-12(13)22-16(30)24-15(17(18,19)20)23-14(26)9-3-2-4-10(21)7-9/h2-8,15H,1H3,(H,23,26)(H2,22,24,30). The number of amides is 1. The molecule has 13 heteroatoms. The molecule has 0 aliphatic rings. The zero-order chi connectivity index (χ0) is 22.5. The van der Waals surface area contributed by atoms with E-state index < -0.39 is 20.8 Å². The maximum absolute atomic E-state index is 12.5. The number of anilines is 1. The molecule has 2 aromatic carbocycles. The molecule has 0 radical (unpaired) electrons. The van der Waals surface area contributed by atoms with Crippen LogP contribution in [0.5, 0.6) is 5.75 Å². The van der Waals surface area contributed by atoms with Gasteiger partial charge in [-0.15, -0.1) is 0 Å². The van der Waals surface area contributed by atoms with Crippen LogP contribution in [0.3, 0.4) is 0 Å². The van der Waals surface area contributed by atoms with Crippen molar-refractivity contribution in [2.45, 2.75) is 9.96 Å². The third-order valence-electron chi connectivity index (χ3n) is 3.61. The molecule has 0 saturated carbocycles. The molecule has 0 fully saturated rings. The lowest BCUT2D eigenvalue weighted by Gasteiger charge is -2.28. The Hall–Kier alpha value is -1.60. The van der Waals surface area contributed by atoms with Gasteiger partial charge in [0.25, 0.3) is 11.6 Å². The molecule has 0 spiro atoms. The zero-order valence-electron chi connectivity index (χ0n) is 15.1. The van der Waals surface area contributed by atoms with E-state index in [0.29, 0.717) is 11.3 Å². The molecule has 3 N–H and O–H groups in total. The van der Waals surface area contributed by atoms with Crippen molar-refractivity contribution in [2.75, 3.05) is 12.4 Å². The minimum atomic E-state index is -1.96. The Bertz CT molecular complexity index is 974. The molecule has 1 unspecified atom stereocenters. The first kappa shape index (κ1) is 24.7. The van der Waals surface area contributed by atoms with Crippen molar-refractivity contribution in [1.29, 1.82) is 0 Å². The number of thiocarbonyl (C=S) groups is 1. The van der Waals surface area contributed by atoms with E-state index in [0.717, 1.165) is 3.57 Å². The molecule has 0 saturated heterocycles. The van der Waals surface area contributed by atoms with Gasteiger partial charge in [-0.1, -0.05) is 40.9 Å². The van der Waals surface area contributed by atoms with E-state index in [1.807, 2.05) is 6.07 Å². The first-order valence-corrected chi connectivity index (χ1v) is 10.7. The van der Waals surface area contributed by atoms with Crippen molar-refractivity contribution in [2.24, 2.45) is 0 Å². The van der Waals surface area contributed by atoms with E-state index in [-0.39, 0.29) is 16.5 Å². The van der Waals surface area contributed by atoms with Gasteiger partial charge in [-0.2, -0.15) is 0 Å². The van der Waals surface area contributed by atoms with Crippen LogP contribution in [0.4, 0.5) is 11.4 Å². The minimum absolute atomic E-state index is 0.0620. The number of carbonyl (C=O) groups excluding carboxylic acids is 1. The summed E-state index contributed by atoms with van der Waals surface area (Å²) in [5, 5.41) is 18.9. The zero-order valence-corrected chi connectivity index (χ0v) is 20.4. The van der Waals surface area contributed by atoms with Crippen molar-refractivity contribution in [3.63, 3.8) is 0 Å². The Labute approximate surface area is 205 Å². The Kier molecular flexibility index (Phi) is 8.73. The first-order chi connectivity index (χ1) is 14.0. The molecular weight excluding hydrogens is 590 g/mol. The van der Waals surface area contributed by atoms with Crippen LogP contribution < -0.4 is 20.7 Å². The van der Waals surface area contributed by atoms with Crippen LogP contribution in [-0.4, -0.2) is 33.0 Å². The number of benzene rings is 2. The molecule has 0 aromatic heterocycles. The number of nitro benzene ring substituents is 1. The lowest BCUT2D eigenvalue weighted by Crippen LogP contribution is -2.56. The number of nitro groups is 1. The number of hydrogen-bond acceptors (Lipinski definition) is 5. The van der Waals surface area contributed by atoms with Gasteiger partial charge in [0.05, 0.1) is 17.7 Å². The molecule has 30 heavy (non-hydrogen) atoms. The van der Waals surface area contributed by atoms with E-state index in [4.69, 9.17) is 51.8 Å². The SMILES string of the molecule is COc1ccc([N+](=O)[O-])cc1NC(=S)NC(NC(=O)c1cccc(I)c1)C(Cl)(Cl)Cl. The summed E-state index contributed by atoms with van der Waals surface area (Å²) in [4.78, 5) is 23.0. The van der Waals surface area contributed by atoms with Gasteiger partial charge in [-0.05, 0) is 59.1 Å². The highest BCUT2D eigenvalue weighted by molar-refractivity contribution is 14.1. The fraction of sp³-hybridized carbons (Fsp3) is 0.176. The van der Waals surface area contributed by atoms with Gasteiger partial charge in [0.1, 0.15) is 11.9 Å². The monoisotopic (exact) mass is 602 g/mol.